The molecule has 0 unspecified atom stereocenters. The quantitative estimate of drug-likeness (QED) is 0.0275. The molecule has 0 aromatic heterocycles. The smallest absolute Gasteiger partial charge is 0.303 e. The lowest BCUT2D eigenvalue weighted by Crippen LogP contribution is -2.34. The third-order valence-electron chi connectivity index (χ3n) is 11.3. The molecule has 0 aliphatic carbocycles. The normalized spacial score (nSPS) is 12.7. The highest BCUT2D eigenvalue weighted by molar-refractivity contribution is 5.66. The molecule has 0 heterocycles. The molecule has 0 atom stereocenters. The molecule has 0 amide bonds. The van der Waals surface area contributed by atoms with E-state index in [1.54, 1.807) is 0 Å². The van der Waals surface area contributed by atoms with E-state index in [9.17, 15) is 20.1 Å². The molecular weight excluding hydrogens is 735 g/mol. The number of rotatable bonds is 47. The number of carboxylic acid groups (broad SMARTS) is 1. The predicted molar refractivity (Wildman–Crippen MR) is 253 cm³/mol. The SMILES string of the molecule is CCCCC/C=C\C/C=C\CCCCCCCCC(O)(CCCCCCCC/C=C\C/C=C\CCCCC)OCCCN(CCCCCC(=O)O)CCCCCC(O)O. The molecule has 346 valence electrons. The number of carboxylic acids is 1. The van der Waals surface area contributed by atoms with E-state index in [1.165, 1.54) is 116 Å². The number of ether oxygens (including phenoxy) is 1. The second-order valence-electron chi connectivity index (χ2n) is 17.2. The number of aliphatic carboxylic acids is 1. The van der Waals surface area contributed by atoms with E-state index in [4.69, 9.17) is 9.84 Å². The van der Waals surface area contributed by atoms with Gasteiger partial charge in [0.2, 0.25) is 0 Å². The summed E-state index contributed by atoms with van der Waals surface area (Å²) >= 11 is 0. The maximum absolute atomic E-state index is 11.7. The topological polar surface area (TPSA) is 110 Å². The van der Waals surface area contributed by atoms with Gasteiger partial charge in [0.25, 0.3) is 0 Å². The van der Waals surface area contributed by atoms with Gasteiger partial charge in [-0.1, -0.05) is 152 Å². The van der Waals surface area contributed by atoms with Crippen LogP contribution in [0.25, 0.3) is 0 Å². The molecule has 0 fully saturated rings. The molecule has 0 bridgehead atoms. The van der Waals surface area contributed by atoms with Gasteiger partial charge in [-0.15, -0.1) is 0 Å². The maximum Gasteiger partial charge on any atom is 0.303 e. The fraction of sp³-hybridized carbons (Fsp3) is 0.827. The van der Waals surface area contributed by atoms with Crippen molar-refractivity contribution in [3.8, 4) is 0 Å². The molecule has 0 aromatic rings. The van der Waals surface area contributed by atoms with Gasteiger partial charge < -0.3 is 30.1 Å². The Morgan fingerprint density at radius 3 is 1.34 bits per heavy atom. The first-order chi connectivity index (χ1) is 28.8. The van der Waals surface area contributed by atoms with Gasteiger partial charge in [0, 0.05) is 25.8 Å². The van der Waals surface area contributed by atoms with Crippen LogP contribution in [0.3, 0.4) is 0 Å². The van der Waals surface area contributed by atoms with Crippen molar-refractivity contribution in [2.24, 2.45) is 0 Å². The summed E-state index contributed by atoms with van der Waals surface area (Å²) in [5, 5.41) is 39.1. The lowest BCUT2D eigenvalue weighted by Gasteiger charge is -2.30. The van der Waals surface area contributed by atoms with Crippen LogP contribution < -0.4 is 0 Å². The Balaban J connectivity index is 4.70. The van der Waals surface area contributed by atoms with E-state index < -0.39 is 18.0 Å². The molecule has 0 aliphatic rings. The Morgan fingerprint density at radius 2 is 0.898 bits per heavy atom. The van der Waals surface area contributed by atoms with Crippen LogP contribution >= 0.6 is 0 Å². The van der Waals surface area contributed by atoms with Gasteiger partial charge in [0.05, 0.1) is 6.61 Å². The Kier molecular flexibility index (Phi) is 44.4. The molecular formula is C52H97NO6. The Bertz CT molecular complexity index is 944. The standard InChI is InChI=1S/C52H97NO6/c1-3-5-7-9-11-13-15-17-19-21-23-25-27-29-31-37-44-52(58,45-38-32-30-28-26-24-22-20-18-16-14-12-10-8-6-4-2)59-49-41-48-53(46-39-33-35-42-50(54)55)47-40-34-36-43-51(56)57/h11-14,17-20,50,54-55,58H,3-10,15-16,21-49H2,1-2H3,(H,56,57)/b13-11-,14-12-,19-17-,20-18-. The van der Waals surface area contributed by atoms with Crippen LogP contribution in [0.5, 0.6) is 0 Å². The summed E-state index contributed by atoms with van der Waals surface area (Å²) < 4.78 is 6.35. The van der Waals surface area contributed by atoms with Gasteiger partial charge in [-0.05, 0) is 129 Å². The van der Waals surface area contributed by atoms with Gasteiger partial charge in [-0.25, -0.2) is 0 Å². The zero-order chi connectivity index (χ0) is 43.2. The van der Waals surface area contributed by atoms with Crippen molar-refractivity contribution >= 4 is 5.97 Å². The Labute approximate surface area is 365 Å². The van der Waals surface area contributed by atoms with Crippen LogP contribution in [0.1, 0.15) is 239 Å². The highest BCUT2D eigenvalue weighted by Crippen LogP contribution is 2.25. The van der Waals surface area contributed by atoms with E-state index in [0.717, 1.165) is 96.7 Å². The van der Waals surface area contributed by atoms with E-state index in [-0.39, 0.29) is 6.42 Å². The van der Waals surface area contributed by atoms with E-state index in [2.05, 4.69) is 67.4 Å². The lowest BCUT2D eigenvalue weighted by molar-refractivity contribution is -0.214. The lowest BCUT2D eigenvalue weighted by atomic mass is 9.98. The van der Waals surface area contributed by atoms with Crippen LogP contribution in [0, 0.1) is 0 Å². The summed E-state index contributed by atoms with van der Waals surface area (Å²) in [5.41, 5.74) is 0. The van der Waals surface area contributed by atoms with Crippen molar-refractivity contribution in [1.82, 2.24) is 4.90 Å². The second-order valence-corrected chi connectivity index (χ2v) is 17.2. The van der Waals surface area contributed by atoms with Gasteiger partial charge in [-0.3, -0.25) is 4.79 Å². The molecule has 0 saturated heterocycles. The third kappa shape index (κ3) is 45.6. The average molecular weight is 832 g/mol. The fourth-order valence-corrected chi connectivity index (χ4v) is 7.56. The van der Waals surface area contributed by atoms with Gasteiger partial charge in [0.1, 0.15) is 0 Å². The number of hydrogen-bond acceptors (Lipinski definition) is 6. The molecule has 0 rings (SSSR count). The number of aliphatic hydroxyl groups excluding tert-OH is 1. The molecule has 59 heavy (non-hydrogen) atoms. The van der Waals surface area contributed by atoms with Crippen LogP contribution in [-0.2, 0) is 9.53 Å². The zero-order valence-corrected chi connectivity index (χ0v) is 38.8. The Morgan fingerprint density at radius 1 is 0.508 bits per heavy atom. The zero-order valence-electron chi connectivity index (χ0n) is 38.8. The molecule has 4 N–H and O–H groups in total. The van der Waals surface area contributed by atoms with Crippen molar-refractivity contribution in [3.05, 3.63) is 48.6 Å². The van der Waals surface area contributed by atoms with Crippen molar-refractivity contribution in [3.63, 3.8) is 0 Å². The van der Waals surface area contributed by atoms with Crippen molar-refractivity contribution in [2.75, 3.05) is 26.2 Å². The van der Waals surface area contributed by atoms with Crippen molar-refractivity contribution in [2.45, 2.75) is 251 Å². The molecule has 0 saturated carbocycles. The molecule has 0 radical (unpaired) electrons. The third-order valence-corrected chi connectivity index (χ3v) is 11.3. The summed E-state index contributed by atoms with van der Waals surface area (Å²) in [6.07, 6.45) is 54.5. The highest BCUT2D eigenvalue weighted by Gasteiger charge is 2.26. The number of nitrogens with zero attached hydrogens (tertiary/aromatic N) is 1. The Hall–Kier alpha value is -1.77. The number of unbranched alkanes of at least 4 members (excludes halogenated alkanes) is 22. The largest absolute Gasteiger partial charge is 0.481 e. The van der Waals surface area contributed by atoms with E-state index in [0.29, 0.717) is 32.3 Å². The first kappa shape index (κ1) is 57.2. The average Bonchev–Trinajstić information content (AvgIpc) is 3.21. The number of aliphatic hydroxyl groups is 3. The van der Waals surface area contributed by atoms with E-state index >= 15 is 0 Å². The number of allylic oxidation sites excluding steroid dienone is 8. The fourth-order valence-electron chi connectivity index (χ4n) is 7.56. The number of hydrogen-bond donors (Lipinski definition) is 4. The predicted octanol–water partition coefficient (Wildman–Crippen LogP) is 14.3. The first-order valence-electron chi connectivity index (χ1n) is 25.1. The number of carbonyl (C=O) groups is 1. The molecule has 7 nitrogen and oxygen atoms in total. The minimum atomic E-state index is -1.23. The second kappa shape index (κ2) is 45.7. The summed E-state index contributed by atoms with van der Waals surface area (Å²) in [7, 11) is 0. The molecule has 0 spiro atoms. The summed E-state index contributed by atoms with van der Waals surface area (Å²) in [4.78, 5) is 13.4. The maximum atomic E-state index is 11.7. The summed E-state index contributed by atoms with van der Waals surface area (Å²) in [5.74, 6) is -1.79. The molecule has 0 aliphatic heterocycles. The summed E-state index contributed by atoms with van der Waals surface area (Å²) in [6.45, 7) is 7.78. The van der Waals surface area contributed by atoms with Crippen molar-refractivity contribution < 1.29 is 30.0 Å². The minimum Gasteiger partial charge on any atom is -0.481 e. The van der Waals surface area contributed by atoms with Crippen LogP contribution in [-0.4, -0.2) is 69.6 Å². The minimum absolute atomic E-state index is 0.222. The van der Waals surface area contributed by atoms with E-state index in [1.807, 2.05) is 0 Å². The highest BCUT2D eigenvalue weighted by atomic mass is 16.6. The van der Waals surface area contributed by atoms with Gasteiger partial charge in [-0.2, -0.15) is 0 Å². The molecule has 0 aromatic carbocycles. The summed E-state index contributed by atoms with van der Waals surface area (Å²) in [6, 6.07) is 0. The first-order valence-corrected chi connectivity index (χ1v) is 25.1. The monoisotopic (exact) mass is 832 g/mol. The molecule has 7 heteroatoms. The van der Waals surface area contributed by atoms with Crippen molar-refractivity contribution in [1.29, 1.82) is 0 Å². The van der Waals surface area contributed by atoms with Crippen LogP contribution in [0.15, 0.2) is 48.6 Å². The van der Waals surface area contributed by atoms with Crippen LogP contribution in [0.2, 0.25) is 0 Å². The van der Waals surface area contributed by atoms with Crippen LogP contribution in [0.4, 0.5) is 0 Å². The van der Waals surface area contributed by atoms with Gasteiger partial charge in [0.15, 0.2) is 12.1 Å². The van der Waals surface area contributed by atoms with Gasteiger partial charge >= 0.3 is 5.97 Å².